The summed E-state index contributed by atoms with van der Waals surface area (Å²) >= 11 is 0. The first-order valence-electron chi connectivity index (χ1n) is 7.84. The molecule has 142 valence electrons. The van der Waals surface area contributed by atoms with Crippen LogP contribution in [0.15, 0.2) is 12.2 Å². The lowest BCUT2D eigenvalue weighted by Gasteiger charge is -2.11. The Bertz CT molecular complexity index is 729. The van der Waals surface area contributed by atoms with Crippen molar-refractivity contribution in [3.8, 4) is 5.75 Å². The molecule has 0 radical (unpaired) electrons. The number of carbonyl (C=O) groups excluding carboxylic acids is 2. The molecule has 0 spiro atoms. The van der Waals surface area contributed by atoms with E-state index in [9.17, 15) is 27.2 Å². The predicted molar refractivity (Wildman–Crippen MR) is 83.2 cm³/mol. The fourth-order valence-corrected chi connectivity index (χ4v) is 2.96. The third-order valence-electron chi connectivity index (χ3n) is 4.62. The van der Waals surface area contributed by atoms with Gasteiger partial charge in [0.25, 0.3) is 0 Å². The van der Waals surface area contributed by atoms with Gasteiger partial charge in [-0.15, -0.1) is 0 Å². The van der Waals surface area contributed by atoms with E-state index < -0.39 is 58.5 Å². The molecule has 1 fully saturated rings. The molecule has 0 aliphatic heterocycles. The number of methoxy groups -OCH3 is 1. The van der Waals surface area contributed by atoms with Crippen molar-refractivity contribution < 1.29 is 36.6 Å². The lowest BCUT2D eigenvalue weighted by atomic mass is 10.1. The van der Waals surface area contributed by atoms with Crippen molar-refractivity contribution >= 4 is 12.3 Å². The molecule has 1 aromatic rings. The minimum Gasteiger partial charge on any atom is -0.491 e. The maximum Gasteiger partial charge on any atom is 0.310 e. The van der Waals surface area contributed by atoms with Crippen molar-refractivity contribution in [3.63, 3.8) is 0 Å². The van der Waals surface area contributed by atoms with Crippen LogP contribution < -0.4 is 4.74 Å². The van der Waals surface area contributed by atoms with Gasteiger partial charge in [0.05, 0.1) is 18.6 Å². The Morgan fingerprint density at radius 2 is 1.69 bits per heavy atom. The number of ether oxygens (including phenoxy) is 2. The van der Waals surface area contributed by atoms with Gasteiger partial charge >= 0.3 is 5.97 Å². The van der Waals surface area contributed by atoms with Crippen LogP contribution in [-0.2, 0) is 20.9 Å². The Morgan fingerprint density at radius 1 is 1.12 bits per heavy atom. The Morgan fingerprint density at radius 3 is 2.19 bits per heavy atom. The molecule has 1 aliphatic rings. The highest BCUT2D eigenvalue weighted by atomic mass is 19.2. The second kappa shape index (κ2) is 7.47. The second-order valence-electron chi connectivity index (χ2n) is 6.53. The third kappa shape index (κ3) is 3.45. The minimum atomic E-state index is -1.70. The first-order chi connectivity index (χ1) is 12.2. The van der Waals surface area contributed by atoms with Gasteiger partial charge in [0.15, 0.2) is 17.4 Å². The molecule has 2 rings (SSSR count). The van der Waals surface area contributed by atoms with E-state index in [1.54, 1.807) is 26.0 Å². The molecule has 2 atom stereocenters. The minimum absolute atomic E-state index is 0.200. The number of hydrogen-bond acceptors (Lipinski definition) is 4. The molecule has 0 N–H and O–H groups in total. The van der Waals surface area contributed by atoms with Crippen LogP contribution in [0.3, 0.4) is 0 Å². The molecule has 0 aromatic heterocycles. The number of halogens is 4. The van der Waals surface area contributed by atoms with Crippen LogP contribution in [0.25, 0.3) is 0 Å². The standard InChI is InChI=1S/C18H18F4O4/c1-18(2)10(6-4-5-7-23)11(18)17(24)26-8-9-12(19)14(21)16(25-3)15(22)13(9)20/h4,6-7,10-11H,5,8H2,1-3H3/b6-4+. The Hall–Kier alpha value is -2.38. The normalized spacial score (nSPS) is 20.9. The van der Waals surface area contributed by atoms with E-state index in [1.165, 1.54) is 0 Å². The molecule has 2 unspecified atom stereocenters. The molecule has 0 heterocycles. The maximum atomic E-state index is 13.9. The molecule has 1 aliphatic carbocycles. The molecule has 0 saturated heterocycles. The lowest BCUT2D eigenvalue weighted by Crippen LogP contribution is -2.14. The number of aldehydes is 1. The lowest BCUT2D eigenvalue weighted by molar-refractivity contribution is -0.147. The van der Waals surface area contributed by atoms with Crippen molar-refractivity contribution in [2.24, 2.45) is 17.3 Å². The van der Waals surface area contributed by atoms with Gasteiger partial charge in [-0.1, -0.05) is 26.0 Å². The van der Waals surface area contributed by atoms with Gasteiger partial charge in [0, 0.05) is 6.42 Å². The zero-order chi connectivity index (χ0) is 19.6. The summed E-state index contributed by atoms with van der Waals surface area (Å²) in [5, 5.41) is 0. The Labute approximate surface area is 147 Å². The molecule has 8 heteroatoms. The van der Waals surface area contributed by atoms with Crippen LogP contribution in [0.1, 0.15) is 25.8 Å². The van der Waals surface area contributed by atoms with E-state index in [2.05, 4.69) is 4.74 Å². The van der Waals surface area contributed by atoms with Crippen molar-refractivity contribution in [2.45, 2.75) is 26.9 Å². The van der Waals surface area contributed by atoms with Crippen molar-refractivity contribution in [2.75, 3.05) is 7.11 Å². The zero-order valence-corrected chi connectivity index (χ0v) is 14.4. The Balaban J connectivity index is 2.12. The number of allylic oxidation sites excluding steroid dienone is 2. The fourth-order valence-electron chi connectivity index (χ4n) is 2.96. The molecular weight excluding hydrogens is 356 g/mol. The van der Waals surface area contributed by atoms with Crippen LogP contribution >= 0.6 is 0 Å². The number of esters is 1. The van der Waals surface area contributed by atoms with E-state index >= 15 is 0 Å². The number of carbonyl (C=O) groups is 2. The van der Waals surface area contributed by atoms with Crippen LogP contribution in [0.5, 0.6) is 5.75 Å². The van der Waals surface area contributed by atoms with Gasteiger partial charge in [0.2, 0.25) is 11.6 Å². The summed E-state index contributed by atoms with van der Waals surface area (Å²) in [7, 11) is 0.869. The molecule has 0 bridgehead atoms. The van der Waals surface area contributed by atoms with Gasteiger partial charge in [-0.25, -0.2) is 8.78 Å². The van der Waals surface area contributed by atoms with E-state index in [4.69, 9.17) is 4.74 Å². The van der Waals surface area contributed by atoms with Gasteiger partial charge in [-0.2, -0.15) is 8.78 Å². The smallest absolute Gasteiger partial charge is 0.310 e. The first kappa shape index (κ1) is 19.9. The van der Waals surface area contributed by atoms with E-state index in [0.29, 0.717) is 6.29 Å². The summed E-state index contributed by atoms with van der Waals surface area (Å²) in [4.78, 5) is 22.5. The quantitative estimate of drug-likeness (QED) is 0.240. The first-order valence-corrected chi connectivity index (χ1v) is 7.84. The van der Waals surface area contributed by atoms with E-state index in [-0.39, 0.29) is 12.3 Å². The third-order valence-corrected chi connectivity index (χ3v) is 4.62. The number of rotatable bonds is 7. The predicted octanol–water partition coefficient (Wildman–Crippen LogP) is 3.71. The summed E-state index contributed by atoms with van der Waals surface area (Å²) < 4.78 is 64.3. The van der Waals surface area contributed by atoms with Gasteiger partial charge in [-0.05, 0) is 11.3 Å². The molecule has 1 saturated carbocycles. The molecule has 4 nitrogen and oxygen atoms in total. The van der Waals surface area contributed by atoms with Gasteiger partial charge in [0.1, 0.15) is 12.9 Å². The summed E-state index contributed by atoms with van der Waals surface area (Å²) in [6.07, 6.45) is 4.22. The van der Waals surface area contributed by atoms with Crippen LogP contribution in [0, 0.1) is 40.5 Å². The molecule has 26 heavy (non-hydrogen) atoms. The van der Waals surface area contributed by atoms with E-state index in [1.807, 2.05) is 0 Å². The topological polar surface area (TPSA) is 52.6 Å². The fraction of sp³-hybridized carbons (Fsp3) is 0.444. The summed E-state index contributed by atoms with van der Waals surface area (Å²) in [5.74, 6) is -9.45. The van der Waals surface area contributed by atoms with Crippen LogP contribution in [-0.4, -0.2) is 19.4 Å². The Kier molecular flexibility index (Phi) is 5.73. The van der Waals surface area contributed by atoms with Crippen molar-refractivity contribution in [1.82, 2.24) is 0 Å². The number of hydrogen-bond donors (Lipinski definition) is 0. The summed E-state index contributed by atoms with van der Waals surface area (Å²) in [6.45, 7) is 2.64. The second-order valence-corrected chi connectivity index (χ2v) is 6.53. The van der Waals surface area contributed by atoms with Crippen LogP contribution in [0.2, 0.25) is 0 Å². The molecule has 1 aromatic carbocycles. The van der Waals surface area contributed by atoms with Crippen LogP contribution in [0.4, 0.5) is 17.6 Å². The summed E-state index contributed by atoms with van der Waals surface area (Å²) in [6, 6.07) is 0. The zero-order valence-electron chi connectivity index (χ0n) is 14.4. The molecule has 0 amide bonds. The maximum absolute atomic E-state index is 13.9. The summed E-state index contributed by atoms with van der Waals surface area (Å²) in [5.41, 5.74) is -1.48. The van der Waals surface area contributed by atoms with Crippen molar-refractivity contribution in [3.05, 3.63) is 41.0 Å². The molecular formula is C18H18F4O4. The monoisotopic (exact) mass is 374 g/mol. The number of benzene rings is 1. The highest BCUT2D eigenvalue weighted by molar-refractivity contribution is 5.78. The highest BCUT2D eigenvalue weighted by Crippen LogP contribution is 2.59. The average molecular weight is 374 g/mol. The highest BCUT2D eigenvalue weighted by Gasteiger charge is 2.61. The van der Waals surface area contributed by atoms with E-state index in [0.717, 1.165) is 7.11 Å². The van der Waals surface area contributed by atoms with Gasteiger partial charge < -0.3 is 14.3 Å². The van der Waals surface area contributed by atoms with Crippen molar-refractivity contribution in [1.29, 1.82) is 0 Å². The SMILES string of the molecule is COc1c(F)c(F)c(COC(=O)C2C(/C=C/CC=O)C2(C)C)c(F)c1F. The van der Waals surface area contributed by atoms with Gasteiger partial charge in [-0.3, -0.25) is 4.79 Å². The largest absolute Gasteiger partial charge is 0.491 e. The average Bonchev–Trinajstić information content (AvgIpc) is 3.14.